The van der Waals surface area contributed by atoms with Crippen molar-refractivity contribution in [3.05, 3.63) is 82.0 Å². The summed E-state index contributed by atoms with van der Waals surface area (Å²) in [5.74, 6) is -0.470. The third kappa shape index (κ3) is 5.68. The van der Waals surface area contributed by atoms with E-state index in [4.69, 9.17) is 16.3 Å². The van der Waals surface area contributed by atoms with Crippen LogP contribution in [0.4, 0.5) is 8.78 Å². The number of benzene rings is 2. The van der Waals surface area contributed by atoms with E-state index in [2.05, 4.69) is 12.0 Å². The first-order valence-corrected chi connectivity index (χ1v) is 8.81. The summed E-state index contributed by atoms with van der Waals surface area (Å²) in [5, 5.41) is 5.23. The second-order valence-corrected chi connectivity index (χ2v) is 6.47. The Kier molecular flexibility index (Phi) is 7.63. The number of nitrogens with zero attached hydrogens (tertiary/aromatic N) is 2. The summed E-state index contributed by atoms with van der Waals surface area (Å²) >= 11 is 5.92. The van der Waals surface area contributed by atoms with E-state index in [0.717, 1.165) is 42.3 Å². The van der Waals surface area contributed by atoms with E-state index < -0.39 is 11.6 Å². The maximum atomic E-state index is 13.8. The van der Waals surface area contributed by atoms with E-state index in [1.807, 2.05) is 30.3 Å². The second kappa shape index (κ2) is 9.72. The van der Waals surface area contributed by atoms with Crippen LogP contribution < -0.4 is 4.74 Å². The predicted molar refractivity (Wildman–Crippen MR) is 105 cm³/mol. The molecule has 3 nitrogen and oxygen atoms in total. The molecule has 0 atom stereocenters. The fourth-order valence-corrected chi connectivity index (χ4v) is 2.75. The molecule has 1 aromatic heterocycles. The monoisotopic (exact) mass is 412 g/mol. The lowest BCUT2D eigenvalue weighted by Crippen LogP contribution is -2.07. The molecule has 0 spiro atoms. The Bertz CT molecular complexity index is 882. The summed E-state index contributed by atoms with van der Waals surface area (Å²) in [5.41, 5.74) is 2.08. The molecule has 0 radical (unpaired) electrons. The van der Waals surface area contributed by atoms with Crippen LogP contribution in [-0.4, -0.2) is 9.78 Å². The SMILES string of the molecule is CCCc1cc(OCc2cc(F)ccc2F)n(Cc2ccc(Cl)cc2)n1.Cl. The first-order valence-electron chi connectivity index (χ1n) is 8.43. The first-order chi connectivity index (χ1) is 12.5. The Morgan fingerprint density at radius 2 is 1.81 bits per heavy atom. The average Bonchev–Trinajstić information content (AvgIpc) is 2.99. The molecule has 7 heteroatoms. The first kappa shape index (κ1) is 21.2. The molecule has 3 rings (SSSR count). The van der Waals surface area contributed by atoms with Crippen molar-refractivity contribution in [2.24, 2.45) is 0 Å². The minimum atomic E-state index is -0.496. The largest absolute Gasteiger partial charge is 0.473 e. The summed E-state index contributed by atoms with van der Waals surface area (Å²) < 4.78 is 34.6. The molecule has 0 aliphatic rings. The Morgan fingerprint density at radius 3 is 2.52 bits per heavy atom. The van der Waals surface area contributed by atoms with Gasteiger partial charge in [0.05, 0.1) is 12.2 Å². The molecule has 1 heterocycles. The third-order valence-electron chi connectivity index (χ3n) is 3.93. The van der Waals surface area contributed by atoms with Crippen molar-refractivity contribution in [1.82, 2.24) is 9.78 Å². The Labute approximate surface area is 168 Å². The van der Waals surface area contributed by atoms with Gasteiger partial charge in [-0.15, -0.1) is 12.4 Å². The summed E-state index contributed by atoms with van der Waals surface area (Å²) in [6.07, 6.45) is 1.77. The van der Waals surface area contributed by atoms with Gasteiger partial charge in [0.25, 0.3) is 0 Å². The van der Waals surface area contributed by atoms with Crippen LogP contribution in [0.15, 0.2) is 48.5 Å². The maximum Gasteiger partial charge on any atom is 0.212 e. The zero-order chi connectivity index (χ0) is 18.5. The number of halogens is 4. The number of hydrogen-bond donors (Lipinski definition) is 0. The minimum Gasteiger partial charge on any atom is -0.473 e. The van der Waals surface area contributed by atoms with E-state index in [9.17, 15) is 8.78 Å². The topological polar surface area (TPSA) is 27.1 Å². The number of aromatic nitrogens is 2. The Hall–Kier alpha value is -2.11. The van der Waals surface area contributed by atoms with Crippen LogP contribution >= 0.6 is 24.0 Å². The van der Waals surface area contributed by atoms with E-state index >= 15 is 0 Å². The highest BCUT2D eigenvalue weighted by Gasteiger charge is 2.12. The molecule has 0 unspecified atom stereocenters. The van der Waals surface area contributed by atoms with Crippen molar-refractivity contribution < 1.29 is 13.5 Å². The summed E-state index contributed by atoms with van der Waals surface area (Å²) in [6, 6.07) is 12.6. The molecule has 27 heavy (non-hydrogen) atoms. The van der Waals surface area contributed by atoms with Crippen LogP contribution in [-0.2, 0) is 19.6 Å². The predicted octanol–water partition coefficient (Wildman–Crippen LogP) is 5.82. The lowest BCUT2D eigenvalue weighted by molar-refractivity contribution is 0.269. The van der Waals surface area contributed by atoms with Gasteiger partial charge in [0.1, 0.15) is 18.2 Å². The summed E-state index contributed by atoms with van der Waals surface area (Å²) in [6.45, 7) is 2.50. The zero-order valence-electron chi connectivity index (χ0n) is 14.8. The van der Waals surface area contributed by atoms with Gasteiger partial charge < -0.3 is 4.74 Å². The highest BCUT2D eigenvalue weighted by Crippen LogP contribution is 2.20. The zero-order valence-corrected chi connectivity index (χ0v) is 16.4. The molecule has 0 aliphatic carbocycles. The van der Waals surface area contributed by atoms with E-state index in [-0.39, 0.29) is 24.6 Å². The number of ether oxygens (including phenoxy) is 1. The smallest absolute Gasteiger partial charge is 0.212 e. The van der Waals surface area contributed by atoms with Crippen molar-refractivity contribution in [3.63, 3.8) is 0 Å². The number of rotatable bonds is 7. The molecule has 0 saturated carbocycles. The van der Waals surface area contributed by atoms with Crippen LogP contribution in [0.3, 0.4) is 0 Å². The van der Waals surface area contributed by atoms with Crippen LogP contribution in [0, 0.1) is 11.6 Å². The van der Waals surface area contributed by atoms with Gasteiger partial charge in [-0.05, 0) is 42.3 Å². The fourth-order valence-electron chi connectivity index (χ4n) is 2.63. The Morgan fingerprint density at radius 1 is 1.07 bits per heavy atom. The van der Waals surface area contributed by atoms with Gasteiger partial charge in [-0.3, -0.25) is 0 Å². The molecule has 3 aromatic rings. The standard InChI is InChI=1S/C20H19ClF2N2O.ClH/c1-2-3-18-11-20(26-13-15-10-17(22)8-9-19(15)23)25(24-18)12-14-4-6-16(21)7-5-14;/h4-11H,2-3,12-13H2,1H3;1H. The molecule has 2 aromatic carbocycles. The van der Waals surface area contributed by atoms with Gasteiger partial charge in [0.15, 0.2) is 0 Å². The van der Waals surface area contributed by atoms with Gasteiger partial charge >= 0.3 is 0 Å². The normalized spacial score (nSPS) is 10.5. The number of aryl methyl sites for hydroxylation is 1. The van der Waals surface area contributed by atoms with Crippen LogP contribution in [0.2, 0.25) is 5.02 Å². The highest BCUT2D eigenvalue weighted by atomic mass is 35.5. The Balaban J connectivity index is 0.00000261. The third-order valence-corrected chi connectivity index (χ3v) is 4.18. The summed E-state index contributed by atoms with van der Waals surface area (Å²) in [7, 11) is 0. The molecule has 0 amide bonds. The maximum absolute atomic E-state index is 13.8. The van der Waals surface area contributed by atoms with Crippen molar-refractivity contribution in [2.75, 3.05) is 0 Å². The molecular formula is C20H20Cl2F2N2O. The quantitative estimate of drug-likeness (QED) is 0.488. The molecule has 0 aliphatic heterocycles. The molecular weight excluding hydrogens is 393 g/mol. The van der Waals surface area contributed by atoms with Crippen molar-refractivity contribution in [3.8, 4) is 5.88 Å². The number of hydrogen-bond acceptors (Lipinski definition) is 2. The molecule has 144 valence electrons. The van der Waals surface area contributed by atoms with Crippen LogP contribution in [0.25, 0.3) is 0 Å². The van der Waals surface area contributed by atoms with Gasteiger partial charge in [0, 0.05) is 16.7 Å². The molecule has 0 fully saturated rings. The van der Waals surface area contributed by atoms with Gasteiger partial charge in [0.2, 0.25) is 5.88 Å². The molecule has 0 N–H and O–H groups in total. The average molecular weight is 413 g/mol. The fraction of sp³-hybridized carbons (Fsp3) is 0.250. The lowest BCUT2D eigenvalue weighted by atomic mass is 10.2. The summed E-state index contributed by atoms with van der Waals surface area (Å²) in [4.78, 5) is 0. The molecule has 0 saturated heterocycles. The second-order valence-electron chi connectivity index (χ2n) is 6.03. The molecule has 0 bridgehead atoms. The van der Waals surface area contributed by atoms with Crippen LogP contribution in [0.5, 0.6) is 5.88 Å². The van der Waals surface area contributed by atoms with E-state index in [0.29, 0.717) is 17.4 Å². The van der Waals surface area contributed by atoms with Gasteiger partial charge in [-0.25, -0.2) is 13.5 Å². The van der Waals surface area contributed by atoms with Crippen LogP contribution in [0.1, 0.15) is 30.2 Å². The van der Waals surface area contributed by atoms with E-state index in [1.165, 1.54) is 0 Å². The van der Waals surface area contributed by atoms with Gasteiger partial charge in [-0.1, -0.05) is 37.1 Å². The van der Waals surface area contributed by atoms with Crippen molar-refractivity contribution >= 4 is 24.0 Å². The van der Waals surface area contributed by atoms with Crippen molar-refractivity contribution in [2.45, 2.75) is 32.9 Å². The van der Waals surface area contributed by atoms with Gasteiger partial charge in [-0.2, -0.15) is 5.10 Å². The highest BCUT2D eigenvalue weighted by molar-refractivity contribution is 6.30. The minimum absolute atomic E-state index is 0. The van der Waals surface area contributed by atoms with E-state index in [1.54, 1.807) is 4.68 Å². The lowest BCUT2D eigenvalue weighted by Gasteiger charge is -2.10. The van der Waals surface area contributed by atoms with Crippen molar-refractivity contribution in [1.29, 1.82) is 0 Å².